The lowest BCUT2D eigenvalue weighted by molar-refractivity contribution is 0.0866. The van der Waals surface area contributed by atoms with Gasteiger partial charge in [-0.25, -0.2) is 22.3 Å². The van der Waals surface area contributed by atoms with Gasteiger partial charge in [0.1, 0.15) is 10.7 Å². The highest BCUT2D eigenvalue weighted by Crippen LogP contribution is 2.19. The topological polar surface area (TPSA) is 98.5 Å². The minimum atomic E-state index is -4.47. The van der Waals surface area contributed by atoms with E-state index in [0.29, 0.717) is 12.1 Å². The van der Waals surface area contributed by atoms with E-state index in [-0.39, 0.29) is 12.6 Å². The molecular weight excluding hydrogens is 294 g/mol. The van der Waals surface area contributed by atoms with Crippen LogP contribution in [0.4, 0.5) is 8.78 Å². The number of ether oxygens (including phenoxy) is 1. The van der Waals surface area contributed by atoms with E-state index in [4.69, 9.17) is 9.88 Å². The molecule has 9 heteroatoms. The number of benzene rings is 1. The Morgan fingerprint density at radius 2 is 2.05 bits per heavy atom. The maximum atomic E-state index is 13.9. The van der Waals surface area contributed by atoms with Crippen LogP contribution in [0.1, 0.15) is 17.3 Å². The van der Waals surface area contributed by atoms with Gasteiger partial charge in [-0.3, -0.25) is 4.79 Å². The summed E-state index contributed by atoms with van der Waals surface area (Å²) in [7, 11) is -3.05. The highest BCUT2D eigenvalue weighted by molar-refractivity contribution is 7.89. The maximum Gasteiger partial charge on any atom is 0.254 e. The van der Waals surface area contributed by atoms with Crippen molar-refractivity contribution in [2.24, 2.45) is 5.14 Å². The molecular formula is C11H14F2N2O4S. The number of nitrogens with two attached hydrogens (primary N) is 1. The molecule has 0 fully saturated rings. The molecule has 112 valence electrons. The quantitative estimate of drug-likeness (QED) is 0.821. The van der Waals surface area contributed by atoms with E-state index in [1.165, 1.54) is 7.11 Å². The van der Waals surface area contributed by atoms with Gasteiger partial charge in [0.05, 0.1) is 11.7 Å². The van der Waals surface area contributed by atoms with Crippen LogP contribution >= 0.6 is 0 Å². The average Bonchev–Trinajstić information content (AvgIpc) is 2.36. The summed E-state index contributed by atoms with van der Waals surface area (Å²) in [5.41, 5.74) is -0.739. The molecule has 0 radical (unpaired) electrons. The molecule has 0 aliphatic carbocycles. The second-order valence-corrected chi connectivity index (χ2v) is 5.60. The summed E-state index contributed by atoms with van der Waals surface area (Å²) in [6.45, 7) is 1.70. The van der Waals surface area contributed by atoms with Gasteiger partial charge in [0.15, 0.2) is 5.82 Å². The third kappa shape index (κ3) is 3.95. The molecule has 1 rings (SSSR count). The number of hydrogen-bond acceptors (Lipinski definition) is 4. The van der Waals surface area contributed by atoms with E-state index in [1.807, 2.05) is 0 Å². The zero-order valence-electron chi connectivity index (χ0n) is 10.8. The summed E-state index contributed by atoms with van der Waals surface area (Å²) in [5.74, 6) is -3.44. The van der Waals surface area contributed by atoms with Gasteiger partial charge in [0.2, 0.25) is 10.0 Å². The van der Waals surface area contributed by atoms with Gasteiger partial charge < -0.3 is 10.1 Å². The number of rotatable bonds is 5. The van der Waals surface area contributed by atoms with Gasteiger partial charge in [-0.05, 0) is 19.1 Å². The Morgan fingerprint density at radius 3 is 2.55 bits per heavy atom. The Morgan fingerprint density at radius 1 is 1.45 bits per heavy atom. The van der Waals surface area contributed by atoms with Crippen molar-refractivity contribution in [3.8, 4) is 0 Å². The molecule has 1 aromatic rings. The van der Waals surface area contributed by atoms with Crippen molar-refractivity contribution in [1.82, 2.24) is 5.32 Å². The molecule has 0 aliphatic heterocycles. The van der Waals surface area contributed by atoms with Crippen molar-refractivity contribution in [3.05, 3.63) is 29.3 Å². The molecule has 0 saturated carbocycles. The van der Waals surface area contributed by atoms with Crippen LogP contribution in [0, 0.1) is 11.6 Å². The van der Waals surface area contributed by atoms with Gasteiger partial charge in [-0.15, -0.1) is 0 Å². The Labute approximate surface area is 115 Å². The van der Waals surface area contributed by atoms with Crippen molar-refractivity contribution in [2.75, 3.05) is 13.7 Å². The lowest BCUT2D eigenvalue weighted by atomic mass is 10.2. The van der Waals surface area contributed by atoms with E-state index in [9.17, 15) is 22.0 Å². The first kappa shape index (κ1) is 16.5. The summed E-state index contributed by atoms with van der Waals surface area (Å²) in [4.78, 5) is 10.6. The van der Waals surface area contributed by atoms with Gasteiger partial charge in [-0.2, -0.15) is 0 Å². The van der Waals surface area contributed by atoms with E-state index in [1.54, 1.807) is 6.92 Å². The van der Waals surface area contributed by atoms with Crippen LogP contribution in [0.2, 0.25) is 0 Å². The zero-order valence-corrected chi connectivity index (χ0v) is 11.6. The lowest BCUT2D eigenvalue weighted by Gasteiger charge is -2.12. The summed E-state index contributed by atoms with van der Waals surface area (Å²) in [6.07, 6.45) is -0.340. The van der Waals surface area contributed by atoms with Crippen LogP contribution in [0.5, 0.6) is 0 Å². The Balaban J connectivity index is 3.13. The number of methoxy groups -OCH3 is 1. The first-order valence-electron chi connectivity index (χ1n) is 5.49. The molecule has 1 unspecified atom stereocenters. The number of sulfonamides is 1. The zero-order chi connectivity index (χ0) is 15.5. The number of nitrogens with one attached hydrogen (secondary N) is 1. The van der Waals surface area contributed by atoms with Gasteiger partial charge >= 0.3 is 0 Å². The van der Waals surface area contributed by atoms with Crippen LogP contribution in [0.3, 0.4) is 0 Å². The predicted molar refractivity (Wildman–Crippen MR) is 66.5 cm³/mol. The molecule has 6 nitrogen and oxygen atoms in total. The lowest BCUT2D eigenvalue weighted by Crippen LogP contribution is -2.32. The van der Waals surface area contributed by atoms with Crippen molar-refractivity contribution < 1.29 is 26.7 Å². The molecule has 20 heavy (non-hydrogen) atoms. The molecule has 3 N–H and O–H groups in total. The molecule has 1 atom stereocenters. The first-order valence-corrected chi connectivity index (χ1v) is 7.04. The highest BCUT2D eigenvalue weighted by Gasteiger charge is 2.23. The third-order valence-electron chi connectivity index (χ3n) is 2.51. The summed E-state index contributed by atoms with van der Waals surface area (Å²) < 4.78 is 54.3. The maximum absolute atomic E-state index is 13.9. The van der Waals surface area contributed by atoms with E-state index in [0.717, 1.165) is 0 Å². The molecule has 1 aromatic carbocycles. The molecule has 0 saturated heterocycles. The fourth-order valence-corrected chi connectivity index (χ4v) is 1.99. The summed E-state index contributed by atoms with van der Waals surface area (Å²) >= 11 is 0. The fourth-order valence-electron chi connectivity index (χ4n) is 1.35. The van der Waals surface area contributed by atoms with Crippen molar-refractivity contribution in [2.45, 2.75) is 17.9 Å². The molecule has 0 aromatic heterocycles. The van der Waals surface area contributed by atoms with Crippen molar-refractivity contribution in [1.29, 1.82) is 0 Å². The van der Waals surface area contributed by atoms with E-state index < -0.39 is 38.0 Å². The third-order valence-corrected chi connectivity index (χ3v) is 3.42. The Kier molecular flexibility index (Phi) is 5.15. The minimum Gasteiger partial charge on any atom is -0.380 e. The number of carbonyl (C=O) groups is 1. The molecule has 0 spiro atoms. The monoisotopic (exact) mass is 308 g/mol. The smallest absolute Gasteiger partial charge is 0.254 e. The first-order chi connectivity index (χ1) is 9.16. The van der Waals surface area contributed by atoms with Gasteiger partial charge in [0.25, 0.3) is 5.91 Å². The van der Waals surface area contributed by atoms with Gasteiger partial charge in [-0.1, -0.05) is 0 Å². The van der Waals surface area contributed by atoms with Crippen molar-refractivity contribution >= 4 is 15.9 Å². The molecule has 1 amide bonds. The second-order valence-electron chi connectivity index (χ2n) is 4.07. The SMILES string of the molecule is COC(C)CNC(=O)c1cc(F)cc(S(N)(=O)=O)c1F. The minimum absolute atomic E-state index is 0.0516. The fraction of sp³-hybridized carbons (Fsp3) is 0.364. The summed E-state index contributed by atoms with van der Waals surface area (Å²) in [6, 6.07) is 1.01. The number of amides is 1. The van der Waals surface area contributed by atoms with Crippen LogP contribution in [0.15, 0.2) is 17.0 Å². The Bertz CT molecular complexity index is 619. The summed E-state index contributed by atoms with van der Waals surface area (Å²) in [5, 5.41) is 7.04. The van der Waals surface area contributed by atoms with Crippen LogP contribution < -0.4 is 10.5 Å². The molecule has 0 heterocycles. The normalized spacial score (nSPS) is 13.1. The number of halogens is 2. The van der Waals surface area contributed by atoms with Crippen LogP contribution in [-0.4, -0.2) is 34.1 Å². The second kappa shape index (κ2) is 6.25. The Hall–Kier alpha value is -1.58. The standard InChI is InChI=1S/C11H14F2N2O4S/c1-6(19-2)5-15-11(16)8-3-7(12)4-9(10(8)13)20(14,17)18/h3-4,6H,5H2,1-2H3,(H,15,16)(H2,14,17,18). The predicted octanol–water partition coefficient (Wildman–Crippen LogP) is 0.377. The highest BCUT2D eigenvalue weighted by atomic mass is 32.2. The number of hydrogen-bond donors (Lipinski definition) is 2. The molecule has 0 aliphatic rings. The van der Waals surface area contributed by atoms with Crippen LogP contribution in [-0.2, 0) is 14.8 Å². The van der Waals surface area contributed by atoms with E-state index >= 15 is 0 Å². The van der Waals surface area contributed by atoms with Crippen LogP contribution in [0.25, 0.3) is 0 Å². The largest absolute Gasteiger partial charge is 0.380 e. The van der Waals surface area contributed by atoms with Gasteiger partial charge in [0, 0.05) is 13.7 Å². The van der Waals surface area contributed by atoms with E-state index in [2.05, 4.69) is 5.32 Å². The number of carbonyl (C=O) groups excluding carboxylic acids is 1. The molecule has 0 bridgehead atoms. The average molecular weight is 308 g/mol. The van der Waals surface area contributed by atoms with Crippen molar-refractivity contribution in [3.63, 3.8) is 0 Å². The number of primary sulfonamides is 1.